The summed E-state index contributed by atoms with van der Waals surface area (Å²) < 4.78 is 2.16. The maximum absolute atomic E-state index is 4.36. The Morgan fingerprint density at radius 3 is 2.57 bits per heavy atom. The molecule has 0 fully saturated rings. The number of aliphatic imine (C=N–C) groups is 1. The fraction of sp³-hybridized carbons (Fsp3) is 0.545. The minimum Gasteiger partial charge on any atom is -0.354 e. The maximum atomic E-state index is 4.36. The molecule has 0 saturated heterocycles. The highest BCUT2D eigenvalue weighted by molar-refractivity contribution is 14.0. The van der Waals surface area contributed by atoms with Crippen molar-refractivity contribution in [1.82, 2.24) is 20.2 Å². The predicted molar refractivity (Wildman–Crippen MR) is 129 cm³/mol. The van der Waals surface area contributed by atoms with Crippen LogP contribution in [0.15, 0.2) is 41.7 Å². The molecular formula is C22H36IN5. The molecule has 1 aromatic heterocycles. The van der Waals surface area contributed by atoms with E-state index in [9.17, 15) is 0 Å². The second kappa shape index (κ2) is 11.4. The Morgan fingerprint density at radius 1 is 1.25 bits per heavy atom. The Kier molecular flexibility index (Phi) is 9.99. The van der Waals surface area contributed by atoms with Gasteiger partial charge < -0.3 is 15.2 Å². The fourth-order valence-corrected chi connectivity index (χ4v) is 2.94. The summed E-state index contributed by atoms with van der Waals surface area (Å²) in [5.74, 6) is 1.89. The number of hydrogen-bond acceptors (Lipinski definition) is 2. The van der Waals surface area contributed by atoms with Crippen LogP contribution in [0.25, 0.3) is 0 Å². The third-order valence-corrected chi connectivity index (χ3v) is 4.66. The molecule has 0 saturated carbocycles. The molecule has 2 N–H and O–H groups in total. The largest absolute Gasteiger partial charge is 0.354 e. The Morgan fingerprint density at radius 2 is 1.96 bits per heavy atom. The van der Waals surface area contributed by atoms with Crippen LogP contribution in [0, 0.1) is 12.3 Å². The van der Waals surface area contributed by atoms with Gasteiger partial charge in [-0.3, -0.25) is 4.99 Å². The van der Waals surface area contributed by atoms with Crippen molar-refractivity contribution in [3.63, 3.8) is 0 Å². The maximum Gasteiger partial charge on any atom is 0.191 e. The number of halogens is 1. The van der Waals surface area contributed by atoms with E-state index in [1.807, 2.05) is 26.4 Å². The fourth-order valence-electron chi connectivity index (χ4n) is 2.94. The summed E-state index contributed by atoms with van der Waals surface area (Å²) in [6, 6.07) is 9.05. The van der Waals surface area contributed by atoms with Gasteiger partial charge in [0.25, 0.3) is 0 Å². The molecule has 0 aliphatic rings. The highest BCUT2D eigenvalue weighted by Crippen LogP contribution is 2.21. The van der Waals surface area contributed by atoms with Gasteiger partial charge in [0.2, 0.25) is 0 Å². The van der Waals surface area contributed by atoms with Crippen LogP contribution < -0.4 is 10.6 Å². The predicted octanol–water partition coefficient (Wildman–Crippen LogP) is 4.74. The molecule has 2 rings (SSSR count). The number of guanidine groups is 1. The number of nitrogens with zero attached hydrogens (tertiary/aromatic N) is 3. The van der Waals surface area contributed by atoms with Crippen LogP contribution in [-0.2, 0) is 13.1 Å². The topological polar surface area (TPSA) is 54.2 Å². The molecule has 0 aliphatic heterocycles. The van der Waals surface area contributed by atoms with Crippen molar-refractivity contribution in [2.75, 3.05) is 7.05 Å². The first-order chi connectivity index (χ1) is 12.8. The van der Waals surface area contributed by atoms with Crippen molar-refractivity contribution >= 4 is 29.9 Å². The first-order valence-corrected chi connectivity index (χ1v) is 9.79. The summed E-state index contributed by atoms with van der Waals surface area (Å²) in [5, 5.41) is 6.93. The molecule has 0 amide bonds. The van der Waals surface area contributed by atoms with Crippen molar-refractivity contribution in [2.24, 2.45) is 10.4 Å². The van der Waals surface area contributed by atoms with E-state index in [1.165, 1.54) is 17.5 Å². The molecule has 1 aromatic carbocycles. The van der Waals surface area contributed by atoms with Crippen molar-refractivity contribution in [3.05, 3.63) is 53.6 Å². The van der Waals surface area contributed by atoms with Crippen LogP contribution >= 0.6 is 24.0 Å². The summed E-state index contributed by atoms with van der Waals surface area (Å²) in [6.07, 6.45) is 6.18. The highest BCUT2D eigenvalue weighted by atomic mass is 127. The van der Waals surface area contributed by atoms with Crippen LogP contribution in [0.2, 0.25) is 0 Å². The Labute approximate surface area is 187 Å². The molecule has 0 radical (unpaired) electrons. The number of imidazole rings is 1. The van der Waals surface area contributed by atoms with Gasteiger partial charge in [-0.25, -0.2) is 4.98 Å². The summed E-state index contributed by atoms with van der Waals surface area (Å²) in [4.78, 5) is 8.65. The first-order valence-electron chi connectivity index (χ1n) is 9.79. The van der Waals surface area contributed by atoms with Crippen LogP contribution in [0.1, 0.15) is 57.5 Å². The lowest BCUT2D eigenvalue weighted by Crippen LogP contribution is -2.42. The van der Waals surface area contributed by atoms with E-state index in [2.05, 4.69) is 77.1 Å². The summed E-state index contributed by atoms with van der Waals surface area (Å²) in [7, 11) is 1.82. The normalized spacial score (nSPS) is 13.0. The SMILES string of the molecule is CN=C(NCc1cccc(Cn2ccnc2C)c1)NC(C)CCC(C)(C)C.I. The van der Waals surface area contributed by atoms with Gasteiger partial charge >= 0.3 is 0 Å². The van der Waals surface area contributed by atoms with E-state index in [-0.39, 0.29) is 24.0 Å². The van der Waals surface area contributed by atoms with Gasteiger partial charge in [-0.1, -0.05) is 45.0 Å². The van der Waals surface area contributed by atoms with Crippen LogP contribution in [-0.4, -0.2) is 28.6 Å². The molecule has 1 unspecified atom stereocenters. The van der Waals surface area contributed by atoms with Crippen LogP contribution in [0.3, 0.4) is 0 Å². The number of nitrogens with one attached hydrogen (secondary N) is 2. The molecule has 0 bridgehead atoms. The van der Waals surface area contributed by atoms with E-state index in [1.54, 1.807) is 0 Å². The average Bonchev–Trinajstić information content (AvgIpc) is 3.01. The summed E-state index contributed by atoms with van der Waals surface area (Å²) >= 11 is 0. The second-order valence-corrected chi connectivity index (χ2v) is 8.49. The van der Waals surface area contributed by atoms with E-state index in [0.717, 1.165) is 31.3 Å². The molecule has 5 nitrogen and oxygen atoms in total. The Bertz CT molecular complexity index is 745. The van der Waals surface area contributed by atoms with Crippen molar-refractivity contribution < 1.29 is 0 Å². The number of aromatic nitrogens is 2. The molecule has 156 valence electrons. The van der Waals surface area contributed by atoms with Gasteiger partial charge in [-0.15, -0.1) is 24.0 Å². The lowest BCUT2D eigenvalue weighted by Gasteiger charge is -2.23. The molecule has 0 spiro atoms. The minimum atomic E-state index is 0. The Balaban J connectivity index is 0.00000392. The van der Waals surface area contributed by atoms with Crippen LogP contribution in [0.4, 0.5) is 0 Å². The third kappa shape index (κ3) is 8.63. The zero-order valence-electron chi connectivity index (χ0n) is 18.1. The van der Waals surface area contributed by atoms with Gasteiger partial charge in [0, 0.05) is 38.6 Å². The highest BCUT2D eigenvalue weighted by Gasteiger charge is 2.13. The van der Waals surface area contributed by atoms with E-state index < -0.39 is 0 Å². The monoisotopic (exact) mass is 497 g/mol. The lowest BCUT2D eigenvalue weighted by molar-refractivity contribution is 0.346. The van der Waals surface area contributed by atoms with Crippen molar-refractivity contribution in [3.8, 4) is 0 Å². The van der Waals surface area contributed by atoms with Gasteiger partial charge in [0.1, 0.15) is 5.82 Å². The average molecular weight is 497 g/mol. The molecule has 1 atom stereocenters. The second-order valence-electron chi connectivity index (χ2n) is 8.49. The standard InChI is InChI=1S/C22H35N5.HI/c1-17(10-11-22(3,4)5)26-21(23-6)25-15-19-8-7-9-20(14-19)16-27-13-12-24-18(27)2;/h7-9,12-14,17H,10-11,15-16H2,1-6H3,(H2,23,25,26);1H. The van der Waals surface area contributed by atoms with Crippen molar-refractivity contribution in [1.29, 1.82) is 0 Å². The number of aryl methyl sites for hydroxylation is 1. The lowest BCUT2D eigenvalue weighted by atomic mass is 9.89. The molecule has 28 heavy (non-hydrogen) atoms. The number of hydrogen-bond donors (Lipinski definition) is 2. The van der Waals surface area contributed by atoms with Crippen molar-refractivity contribution in [2.45, 2.75) is 66.6 Å². The van der Waals surface area contributed by atoms with Crippen LogP contribution in [0.5, 0.6) is 0 Å². The number of rotatable bonds is 7. The van der Waals surface area contributed by atoms with Gasteiger partial charge in [-0.05, 0) is 43.2 Å². The molecule has 2 aromatic rings. The van der Waals surface area contributed by atoms with E-state index >= 15 is 0 Å². The molecule has 6 heteroatoms. The van der Waals surface area contributed by atoms with E-state index in [0.29, 0.717) is 11.5 Å². The third-order valence-electron chi connectivity index (χ3n) is 4.66. The first kappa shape index (κ1) is 24.5. The molecular weight excluding hydrogens is 461 g/mol. The molecule has 1 heterocycles. The minimum absolute atomic E-state index is 0. The van der Waals surface area contributed by atoms with Gasteiger partial charge in [0.05, 0.1) is 0 Å². The van der Waals surface area contributed by atoms with Gasteiger partial charge in [-0.2, -0.15) is 0 Å². The van der Waals surface area contributed by atoms with E-state index in [4.69, 9.17) is 0 Å². The van der Waals surface area contributed by atoms with Gasteiger partial charge in [0.15, 0.2) is 5.96 Å². The number of benzene rings is 1. The summed E-state index contributed by atoms with van der Waals surface area (Å²) in [5.41, 5.74) is 2.88. The zero-order chi connectivity index (χ0) is 19.9. The smallest absolute Gasteiger partial charge is 0.191 e. The summed E-state index contributed by atoms with van der Waals surface area (Å²) in [6.45, 7) is 12.7. The Hall–Kier alpha value is -1.57. The zero-order valence-corrected chi connectivity index (χ0v) is 20.5. The molecule has 0 aliphatic carbocycles. The quantitative estimate of drug-likeness (QED) is 0.330.